The summed E-state index contributed by atoms with van der Waals surface area (Å²) in [5, 5.41) is 3.35. The van der Waals surface area contributed by atoms with E-state index in [9.17, 15) is 26.4 Å². The molecule has 0 radical (unpaired) electrons. The number of sulfone groups is 2. The van der Waals surface area contributed by atoms with Gasteiger partial charge in [0, 0.05) is 30.3 Å². The summed E-state index contributed by atoms with van der Waals surface area (Å²) < 4.78 is 55.1. The third-order valence-corrected chi connectivity index (χ3v) is 8.67. The summed E-state index contributed by atoms with van der Waals surface area (Å²) in [7, 11) is -3.68. The number of pyridine rings is 1. The number of piperidine rings is 1. The highest BCUT2D eigenvalue weighted by Gasteiger charge is 2.28. The van der Waals surface area contributed by atoms with Gasteiger partial charge >= 0.3 is 11.9 Å². The topological polar surface area (TPSA) is 146 Å². The fourth-order valence-electron chi connectivity index (χ4n) is 4.21. The summed E-state index contributed by atoms with van der Waals surface area (Å²) in [5.74, 6) is -0.716. The molecule has 1 aliphatic rings. The first-order valence-electron chi connectivity index (χ1n) is 12.3. The molecule has 1 aromatic heterocycles. The van der Waals surface area contributed by atoms with E-state index in [0.717, 1.165) is 30.3 Å². The molecule has 2 unspecified atom stereocenters. The lowest BCUT2D eigenvalue weighted by Gasteiger charge is -2.29. The van der Waals surface area contributed by atoms with E-state index in [0.29, 0.717) is 22.6 Å². The highest BCUT2D eigenvalue weighted by Crippen LogP contribution is 2.28. The van der Waals surface area contributed by atoms with Crippen molar-refractivity contribution in [1.29, 1.82) is 0 Å². The number of esters is 2. The SMILES string of the molecule is COC(=O)C1CCNC(c2ccc(S(C)(=O)=O)cc2)C1.COC(=O)c1ccnc(-c2ccc(S(C)(=O)=O)cc2)c1.Cl. The average Bonchev–Trinajstić information content (AvgIpc) is 2.96. The number of rotatable bonds is 6. The standard InChI is InChI=1S/C14H19NO4S.C14H13NO4S.ClH/c2*1-19-14(16)11-7-8-15-13(9-11)10-3-5-12(6-4-10)20(2,17)18;/h3-6,11,13,15H,7-9H2,1-2H3;3-9H,1-2H3;1H. The number of nitrogens with one attached hydrogen (secondary N) is 1. The van der Waals surface area contributed by atoms with Crippen molar-refractivity contribution >= 4 is 44.0 Å². The highest BCUT2D eigenvalue weighted by molar-refractivity contribution is 7.91. The van der Waals surface area contributed by atoms with Gasteiger partial charge in [-0.25, -0.2) is 21.6 Å². The van der Waals surface area contributed by atoms with Crippen LogP contribution in [0, 0.1) is 5.92 Å². The smallest absolute Gasteiger partial charge is 0.337 e. The van der Waals surface area contributed by atoms with Crippen molar-refractivity contribution in [3.8, 4) is 11.3 Å². The van der Waals surface area contributed by atoms with Crippen molar-refractivity contribution < 1.29 is 35.9 Å². The predicted octanol–water partition coefficient (Wildman–Crippen LogP) is 3.66. The first-order valence-corrected chi connectivity index (χ1v) is 16.1. The summed E-state index contributed by atoms with van der Waals surface area (Å²) in [4.78, 5) is 27.8. The number of hydrogen-bond acceptors (Lipinski definition) is 10. The molecule has 3 aromatic rings. The minimum absolute atomic E-state index is 0. The van der Waals surface area contributed by atoms with Crippen molar-refractivity contribution in [2.24, 2.45) is 5.92 Å². The van der Waals surface area contributed by atoms with Gasteiger partial charge in [-0.05, 0) is 61.3 Å². The van der Waals surface area contributed by atoms with E-state index in [-0.39, 0.29) is 35.2 Å². The van der Waals surface area contributed by atoms with Gasteiger partial charge in [0.25, 0.3) is 0 Å². The van der Waals surface area contributed by atoms with Crippen molar-refractivity contribution in [2.75, 3.05) is 33.3 Å². The molecule has 0 bridgehead atoms. The summed E-state index contributed by atoms with van der Waals surface area (Å²) in [6.45, 7) is 0.748. The fourth-order valence-corrected chi connectivity index (χ4v) is 5.47. The van der Waals surface area contributed by atoms with Crippen LogP contribution in [0.25, 0.3) is 11.3 Å². The second kappa shape index (κ2) is 14.5. The largest absolute Gasteiger partial charge is 0.469 e. The van der Waals surface area contributed by atoms with Crippen LogP contribution in [-0.4, -0.2) is 67.0 Å². The summed E-state index contributed by atoms with van der Waals surface area (Å²) in [6, 6.07) is 16.3. The molecule has 222 valence electrons. The van der Waals surface area contributed by atoms with E-state index in [4.69, 9.17) is 4.74 Å². The number of hydrogen-bond donors (Lipinski definition) is 1. The molecular formula is C28H33ClN2O8S2. The molecule has 2 heterocycles. The molecule has 2 atom stereocenters. The van der Waals surface area contributed by atoms with Gasteiger partial charge in [-0.15, -0.1) is 12.4 Å². The van der Waals surface area contributed by atoms with Gasteiger partial charge in [0.05, 0.1) is 41.2 Å². The summed E-state index contributed by atoms with van der Waals surface area (Å²) in [6.07, 6.45) is 5.29. The molecule has 0 amide bonds. The lowest BCUT2D eigenvalue weighted by molar-refractivity contribution is -0.146. The number of carbonyl (C=O) groups is 2. The average molecular weight is 625 g/mol. The van der Waals surface area contributed by atoms with Gasteiger partial charge in [-0.1, -0.05) is 24.3 Å². The Kier molecular flexibility index (Phi) is 12.0. The van der Waals surface area contributed by atoms with Crippen LogP contribution >= 0.6 is 12.4 Å². The van der Waals surface area contributed by atoms with E-state index in [1.165, 1.54) is 38.8 Å². The van der Waals surface area contributed by atoms with Crippen LogP contribution in [0.4, 0.5) is 0 Å². The number of ether oxygens (including phenoxy) is 2. The van der Waals surface area contributed by atoms with Crippen molar-refractivity contribution in [3.05, 3.63) is 78.0 Å². The zero-order chi connectivity index (χ0) is 29.5. The predicted molar refractivity (Wildman–Crippen MR) is 156 cm³/mol. The maximum atomic E-state index is 11.6. The lowest BCUT2D eigenvalue weighted by Crippen LogP contribution is -2.35. The number of methoxy groups -OCH3 is 2. The first kappa shape index (κ1) is 33.9. The Morgan fingerprint density at radius 1 is 0.854 bits per heavy atom. The minimum atomic E-state index is -3.22. The monoisotopic (exact) mass is 624 g/mol. The Hall–Kier alpha value is -3.32. The van der Waals surface area contributed by atoms with Crippen LogP contribution in [0.5, 0.6) is 0 Å². The van der Waals surface area contributed by atoms with Gasteiger partial charge in [-0.3, -0.25) is 9.78 Å². The van der Waals surface area contributed by atoms with Gasteiger partial charge in [0.1, 0.15) is 0 Å². The van der Waals surface area contributed by atoms with Crippen LogP contribution in [-0.2, 0) is 33.9 Å². The van der Waals surface area contributed by atoms with Crippen molar-refractivity contribution in [2.45, 2.75) is 28.7 Å². The molecule has 1 aliphatic heterocycles. The van der Waals surface area contributed by atoms with Crippen molar-refractivity contribution in [1.82, 2.24) is 10.3 Å². The Balaban J connectivity index is 0.000000280. The molecule has 0 spiro atoms. The third kappa shape index (κ3) is 9.35. The zero-order valence-corrected chi connectivity index (χ0v) is 25.5. The fraction of sp³-hybridized carbons (Fsp3) is 0.321. The Morgan fingerprint density at radius 3 is 1.93 bits per heavy atom. The second-order valence-electron chi connectivity index (χ2n) is 9.31. The minimum Gasteiger partial charge on any atom is -0.469 e. The summed E-state index contributed by atoms with van der Waals surface area (Å²) >= 11 is 0. The lowest BCUT2D eigenvalue weighted by atomic mass is 9.89. The first-order chi connectivity index (χ1) is 18.8. The molecular weight excluding hydrogens is 592 g/mol. The quantitative estimate of drug-likeness (QED) is 0.403. The van der Waals surface area contributed by atoms with Crippen LogP contribution in [0.3, 0.4) is 0 Å². The molecule has 4 rings (SSSR count). The number of nitrogens with zero attached hydrogens (tertiary/aromatic N) is 1. The Labute approximate surface area is 246 Å². The van der Waals surface area contributed by atoms with E-state index < -0.39 is 25.6 Å². The normalized spacial score (nSPS) is 16.8. The van der Waals surface area contributed by atoms with Gasteiger partial charge in [-0.2, -0.15) is 0 Å². The Bertz CT molecular complexity index is 1560. The van der Waals surface area contributed by atoms with Gasteiger partial charge in [0.2, 0.25) is 0 Å². The van der Waals surface area contributed by atoms with Crippen LogP contribution in [0.2, 0.25) is 0 Å². The van der Waals surface area contributed by atoms with Crippen LogP contribution < -0.4 is 5.32 Å². The maximum absolute atomic E-state index is 11.6. The highest BCUT2D eigenvalue weighted by atomic mass is 35.5. The molecule has 0 saturated carbocycles. The Morgan fingerprint density at radius 2 is 1.41 bits per heavy atom. The van der Waals surface area contributed by atoms with E-state index >= 15 is 0 Å². The summed E-state index contributed by atoms with van der Waals surface area (Å²) in [5.41, 5.74) is 2.69. The number of halogens is 1. The molecule has 1 fully saturated rings. The molecule has 1 saturated heterocycles. The molecule has 2 aromatic carbocycles. The maximum Gasteiger partial charge on any atom is 0.337 e. The second-order valence-corrected chi connectivity index (χ2v) is 13.3. The molecule has 13 heteroatoms. The molecule has 0 aliphatic carbocycles. The number of benzene rings is 2. The van der Waals surface area contributed by atoms with Gasteiger partial charge in [0.15, 0.2) is 19.7 Å². The van der Waals surface area contributed by atoms with E-state index in [1.807, 2.05) is 0 Å². The van der Waals surface area contributed by atoms with E-state index in [1.54, 1.807) is 48.5 Å². The van der Waals surface area contributed by atoms with Crippen LogP contribution in [0.15, 0.2) is 76.7 Å². The molecule has 1 N–H and O–H groups in total. The van der Waals surface area contributed by atoms with Crippen molar-refractivity contribution in [3.63, 3.8) is 0 Å². The molecule has 41 heavy (non-hydrogen) atoms. The third-order valence-electron chi connectivity index (χ3n) is 6.41. The number of aromatic nitrogens is 1. The zero-order valence-electron chi connectivity index (χ0n) is 23.1. The molecule has 10 nitrogen and oxygen atoms in total. The van der Waals surface area contributed by atoms with Crippen LogP contribution in [0.1, 0.15) is 34.8 Å². The van der Waals surface area contributed by atoms with E-state index in [2.05, 4.69) is 15.0 Å². The number of carbonyl (C=O) groups excluding carboxylic acids is 2. The van der Waals surface area contributed by atoms with Gasteiger partial charge < -0.3 is 14.8 Å².